The van der Waals surface area contributed by atoms with Gasteiger partial charge < -0.3 is 14.4 Å². The molecule has 0 fully saturated rings. The molecule has 0 radical (unpaired) electrons. The summed E-state index contributed by atoms with van der Waals surface area (Å²) in [5.41, 5.74) is -0.130. The number of halogens is 4. The summed E-state index contributed by atoms with van der Waals surface area (Å²) >= 11 is 5.95. The van der Waals surface area contributed by atoms with Crippen molar-refractivity contribution in [1.29, 1.82) is 0 Å². The van der Waals surface area contributed by atoms with Gasteiger partial charge in [0.2, 0.25) is 0 Å². The van der Waals surface area contributed by atoms with Crippen LogP contribution in [0.3, 0.4) is 0 Å². The second-order valence-electron chi connectivity index (χ2n) is 5.52. The minimum atomic E-state index is -4.47. The molecule has 4 nitrogen and oxygen atoms in total. The van der Waals surface area contributed by atoms with Gasteiger partial charge in [-0.2, -0.15) is 13.2 Å². The van der Waals surface area contributed by atoms with E-state index in [1.807, 2.05) is 0 Å². The van der Waals surface area contributed by atoms with Gasteiger partial charge in [-0.3, -0.25) is 4.79 Å². The lowest BCUT2D eigenvalue weighted by Crippen LogP contribution is -2.31. The predicted molar refractivity (Wildman–Crippen MR) is 91.4 cm³/mol. The van der Waals surface area contributed by atoms with E-state index in [2.05, 4.69) is 0 Å². The first-order valence-corrected chi connectivity index (χ1v) is 7.95. The van der Waals surface area contributed by atoms with Crippen LogP contribution in [0.25, 0.3) is 0 Å². The third-order valence-electron chi connectivity index (χ3n) is 3.60. The Morgan fingerprint density at radius 1 is 1.19 bits per heavy atom. The topological polar surface area (TPSA) is 38.8 Å². The summed E-state index contributed by atoms with van der Waals surface area (Å²) in [4.78, 5) is 13.6. The van der Waals surface area contributed by atoms with Crippen LogP contribution >= 0.6 is 11.6 Å². The average molecular weight is 388 g/mol. The Morgan fingerprint density at radius 3 is 2.58 bits per heavy atom. The van der Waals surface area contributed by atoms with E-state index in [-0.39, 0.29) is 18.9 Å². The fraction of sp³-hybridized carbons (Fsp3) is 0.278. The molecule has 0 aromatic heterocycles. The largest absolute Gasteiger partial charge is 0.496 e. The molecule has 0 atom stereocenters. The zero-order valence-electron chi connectivity index (χ0n) is 14.1. The SMILES string of the molecule is COc1ccc(Cl)cc1CN(C)C(=O)COc1cccc(C(F)(F)F)c1. The minimum Gasteiger partial charge on any atom is -0.496 e. The lowest BCUT2D eigenvalue weighted by molar-refractivity contribution is -0.137. The molecule has 1 amide bonds. The Morgan fingerprint density at radius 2 is 1.92 bits per heavy atom. The first-order chi connectivity index (χ1) is 12.2. The Hall–Kier alpha value is -2.41. The standard InChI is InChI=1S/C18H17ClF3NO3/c1-23(10-12-8-14(19)6-7-16(12)25-2)17(24)11-26-15-5-3-4-13(9-15)18(20,21)22/h3-9H,10-11H2,1-2H3. The Balaban J connectivity index is 1.99. The van der Waals surface area contributed by atoms with Gasteiger partial charge in [0.1, 0.15) is 11.5 Å². The van der Waals surface area contributed by atoms with Crippen LogP contribution in [0, 0.1) is 0 Å². The van der Waals surface area contributed by atoms with Crippen LogP contribution in [0.15, 0.2) is 42.5 Å². The molecule has 0 heterocycles. The highest BCUT2D eigenvalue weighted by atomic mass is 35.5. The Kier molecular flexibility index (Phi) is 6.37. The van der Waals surface area contributed by atoms with Gasteiger partial charge in [-0.1, -0.05) is 17.7 Å². The van der Waals surface area contributed by atoms with Gasteiger partial charge in [0, 0.05) is 24.2 Å². The van der Waals surface area contributed by atoms with Crippen molar-refractivity contribution in [2.75, 3.05) is 20.8 Å². The van der Waals surface area contributed by atoms with E-state index in [1.165, 1.54) is 24.1 Å². The molecule has 0 spiro atoms. The quantitative estimate of drug-likeness (QED) is 0.737. The van der Waals surface area contributed by atoms with Crippen LogP contribution in [0.5, 0.6) is 11.5 Å². The maximum Gasteiger partial charge on any atom is 0.416 e. The van der Waals surface area contributed by atoms with Gasteiger partial charge in [0.15, 0.2) is 6.61 Å². The molecule has 8 heteroatoms. The van der Waals surface area contributed by atoms with E-state index in [1.54, 1.807) is 25.2 Å². The number of nitrogens with zero attached hydrogens (tertiary/aromatic N) is 1. The molecule has 2 aromatic carbocycles. The molecule has 0 unspecified atom stereocenters. The smallest absolute Gasteiger partial charge is 0.416 e. The molecule has 26 heavy (non-hydrogen) atoms. The van der Waals surface area contributed by atoms with Crippen LogP contribution in [0.2, 0.25) is 5.02 Å². The third-order valence-corrected chi connectivity index (χ3v) is 3.83. The van der Waals surface area contributed by atoms with Crippen LogP contribution in [0.4, 0.5) is 13.2 Å². The van der Waals surface area contributed by atoms with Crippen molar-refractivity contribution in [1.82, 2.24) is 4.90 Å². The highest BCUT2D eigenvalue weighted by Gasteiger charge is 2.30. The zero-order valence-corrected chi connectivity index (χ0v) is 14.9. The Bertz CT molecular complexity index is 781. The summed E-state index contributed by atoms with van der Waals surface area (Å²) in [6.45, 7) is -0.171. The number of carbonyl (C=O) groups excluding carboxylic acids is 1. The van der Waals surface area contributed by atoms with Crippen molar-refractivity contribution in [3.63, 3.8) is 0 Å². The summed E-state index contributed by atoms with van der Waals surface area (Å²) in [5.74, 6) is 0.152. The molecule has 0 aliphatic heterocycles. The number of ether oxygens (including phenoxy) is 2. The number of alkyl halides is 3. The molecule has 0 N–H and O–H groups in total. The number of hydrogen-bond acceptors (Lipinski definition) is 3. The number of hydrogen-bond donors (Lipinski definition) is 0. The van der Waals surface area contributed by atoms with Crippen molar-refractivity contribution >= 4 is 17.5 Å². The second kappa shape index (κ2) is 8.31. The van der Waals surface area contributed by atoms with E-state index in [4.69, 9.17) is 21.1 Å². The average Bonchev–Trinajstić information content (AvgIpc) is 2.59. The molecule has 0 saturated carbocycles. The maximum absolute atomic E-state index is 12.7. The lowest BCUT2D eigenvalue weighted by atomic mass is 10.2. The van der Waals surface area contributed by atoms with Gasteiger partial charge >= 0.3 is 6.18 Å². The van der Waals surface area contributed by atoms with Crippen molar-refractivity contribution < 1.29 is 27.4 Å². The highest BCUT2D eigenvalue weighted by molar-refractivity contribution is 6.30. The number of carbonyl (C=O) groups is 1. The van der Waals surface area contributed by atoms with Crippen LogP contribution < -0.4 is 9.47 Å². The number of benzene rings is 2. The van der Waals surface area contributed by atoms with Gasteiger partial charge in [-0.25, -0.2) is 0 Å². The van der Waals surface area contributed by atoms with Crippen LogP contribution in [-0.2, 0) is 17.5 Å². The lowest BCUT2D eigenvalue weighted by Gasteiger charge is -2.19. The van der Waals surface area contributed by atoms with E-state index < -0.39 is 17.6 Å². The number of amides is 1. The van der Waals surface area contributed by atoms with Crippen LogP contribution in [-0.4, -0.2) is 31.6 Å². The van der Waals surface area contributed by atoms with Gasteiger partial charge in [-0.15, -0.1) is 0 Å². The number of methoxy groups -OCH3 is 1. The van der Waals surface area contributed by atoms with Gasteiger partial charge in [-0.05, 0) is 36.4 Å². The molecule has 0 saturated heterocycles. The van der Waals surface area contributed by atoms with E-state index in [0.29, 0.717) is 16.3 Å². The van der Waals surface area contributed by atoms with Gasteiger partial charge in [0.25, 0.3) is 5.91 Å². The number of rotatable bonds is 6. The molecule has 0 bridgehead atoms. The van der Waals surface area contributed by atoms with Crippen molar-refractivity contribution in [2.45, 2.75) is 12.7 Å². The highest BCUT2D eigenvalue weighted by Crippen LogP contribution is 2.31. The summed E-state index contributed by atoms with van der Waals surface area (Å²) in [5, 5.41) is 0.502. The van der Waals surface area contributed by atoms with E-state index >= 15 is 0 Å². The predicted octanol–water partition coefficient (Wildman–Crippen LogP) is 4.40. The van der Waals surface area contributed by atoms with E-state index in [9.17, 15) is 18.0 Å². The van der Waals surface area contributed by atoms with E-state index in [0.717, 1.165) is 12.1 Å². The van der Waals surface area contributed by atoms with Crippen molar-refractivity contribution in [3.8, 4) is 11.5 Å². The first-order valence-electron chi connectivity index (χ1n) is 7.57. The number of likely N-dealkylation sites (N-methyl/N-ethyl adjacent to an activating group) is 1. The molecule has 140 valence electrons. The molecule has 0 aliphatic rings. The van der Waals surface area contributed by atoms with Crippen molar-refractivity contribution in [3.05, 3.63) is 58.6 Å². The molecular formula is C18H17ClF3NO3. The molecule has 2 rings (SSSR count). The molecule has 2 aromatic rings. The first kappa shape index (κ1) is 19.9. The fourth-order valence-electron chi connectivity index (χ4n) is 2.23. The normalized spacial score (nSPS) is 11.2. The third kappa shape index (κ3) is 5.29. The monoisotopic (exact) mass is 387 g/mol. The Labute approximate surface area is 154 Å². The summed E-state index contributed by atoms with van der Waals surface area (Å²) in [7, 11) is 3.06. The molecular weight excluding hydrogens is 371 g/mol. The second-order valence-corrected chi connectivity index (χ2v) is 5.96. The minimum absolute atomic E-state index is 0.0260. The summed E-state index contributed by atoms with van der Waals surface area (Å²) < 4.78 is 48.5. The molecule has 0 aliphatic carbocycles. The fourth-order valence-corrected chi connectivity index (χ4v) is 2.43. The zero-order chi connectivity index (χ0) is 19.3. The van der Waals surface area contributed by atoms with Crippen LogP contribution in [0.1, 0.15) is 11.1 Å². The van der Waals surface area contributed by atoms with Gasteiger partial charge in [0.05, 0.1) is 12.7 Å². The van der Waals surface area contributed by atoms with Crippen molar-refractivity contribution in [2.24, 2.45) is 0 Å². The maximum atomic E-state index is 12.7. The summed E-state index contributed by atoms with van der Waals surface area (Å²) in [6.07, 6.45) is -4.47. The summed E-state index contributed by atoms with van der Waals surface area (Å²) in [6, 6.07) is 9.42.